The largest absolute Gasteiger partial charge is 0.480 e. The molecule has 2 atom stereocenters. The molecule has 0 aliphatic rings. The van der Waals surface area contributed by atoms with E-state index in [1.165, 1.54) is 0 Å². The van der Waals surface area contributed by atoms with Crippen LogP contribution in [0.3, 0.4) is 0 Å². The molecule has 15 heavy (non-hydrogen) atoms. The van der Waals surface area contributed by atoms with Gasteiger partial charge in [-0.2, -0.15) is 0 Å². The number of hydrogen-bond donors (Lipinski definition) is 4. The molecular formula is C8H15N3O4. The van der Waals surface area contributed by atoms with Crippen molar-refractivity contribution in [2.24, 2.45) is 5.73 Å². The molecule has 0 saturated heterocycles. The molecule has 7 nitrogen and oxygen atoms in total. The van der Waals surface area contributed by atoms with Crippen LogP contribution in [0.2, 0.25) is 0 Å². The summed E-state index contributed by atoms with van der Waals surface area (Å²) in [6.07, 6.45) is -0.419. The summed E-state index contributed by atoms with van der Waals surface area (Å²) in [5.74, 6) is -2.56. The summed E-state index contributed by atoms with van der Waals surface area (Å²) in [4.78, 5) is 32.4. The highest BCUT2D eigenvalue weighted by Gasteiger charge is 2.23. The standard InChI is InChI=1S/C8H15N3O4/c1-4(10-2)7(13)11-5(8(14)15)3-6(9)12/h4-5,10H,3H2,1-2H3,(H2,9,12)(H,11,13)(H,14,15). The van der Waals surface area contributed by atoms with Gasteiger partial charge in [-0.1, -0.05) is 0 Å². The molecule has 0 rings (SSSR count). The number of carbonyl (C=O) groups is 3. The Balaban J connectivity index is 4.35. The van der Waals surface area contributed by atoms with Crippen molar-refractivity contribution in [2.45, 2.75) is 25.4 Å². The van der Waals surface area contributed by atoms with Gasteiger partial charge in [-0.15, -0.1) is 0 Å². The number of carboxylic acid groups (broad SMARTS) is 1. The van der Waals surface area contributed by atoms with Crippen molar-refractivity contribution in [2.75, 3.05) is 7.05 Å². The molecule has 0 aliphatic heterocycles. The van der Waals surface area contributed by atoms with E-state index in [1.54, 1.807) is 14.0 Å². The smallest absolute Gasteiger partial charge is 0.326 e. The minimum atomic E-state index is -1.29. The highest BCUT2D eigenvalue weighted by Crippen LogP contribution is 1.93. The van der Waals surface area contributed by atoms with E-state index >= 15 is 0 Å². The van der Waals surface area contributed by atoms with Crippen LogP contribution in [0.25, 0.3) is 0 Å². The Morgan fingerprint density at radius 3 is 2.27 bits per heavy atom. The normalized spacial score (nSPS) is 14.0. The molecule has 0 heterocycles. The molecular weight excluding hydrogens is 202 g/mol. The highest BCUT2D eigenvalue weighted by atomic mass is 16.4. The third-order valence-corrected chi connectivity index (χ3v) is 1.85. The Kier molecular flexibility index (Phi) is 5.32. The number of rotatable bonds is 6. The van der Waals surface area contributed by atoms with E-state index < -0.39 is 36.3 Å². The zero-order chi connectivity index (χ0) is 12.0. The van der Waals surface area contributed by atoms with E-state index in [0.717, 1.165) is 0 Å². The van der Waals surface area contributed by atoms with Gasteiger partial charge in [0.25, 0.3) is 0 Å². The van der Waals surface area contributed by atoms with Gasteiger partial charge in [-0.25, -0.2) is 4.79 Å². The first-order chi connectivity index (χ1) is 6.88. The van der Waals surface area contributed by atoms with Gasteiger partial charge < -0.3 is 21.5 Å². The lowest BCUT2D eigenvalue weighted by Gasteiger charge is -2.16. The van der Waals surface area contributed by atoms with Crippen LogP contribution < -0.4 is 16.4 Å². The predicted octanol–water partition coefficient (Wildman–Crippen LogP) is -1.96. The molecule has 2 amide bonds. The lowest BCUT2D eigenvalue weighted by atomic mass is 10.2. The third-order valence-electron chi connectivity index (χ3n) is 1.85. The molecule has 0 spiro atoms. The number of nitrogens with one attached hydrogen (secondary N) is 2. The van der Waals surface area contributed by atoms with Gasteiger partial charge in [-0.3, -0.25) is 9.59 Å². The van der Waals surface area contributed by atoms with Crippen LogP contribution in [-0.4, -0.2) is 42.0 Å². The number of amides is 2. The summed E-state index contributed by atoms with van der Waals surface area (Å²) in [5.41, 5.74) is 4.85. The zero-order valence-corrected chi connectivity index (χ0v) is 8.61. The van der Waals surface area contributed by atoms with E-state index in [1.807, 2.05) is 0 Å². The lowest BCUT2D eigenvalue weighted by Crippen LogP contribution is -2.49. The fraction of sp³-hybridized carbons (Fsp3) is 0.625. The molecule has 86 valence electrons. The second-order valence-corrected chi connectivity index (χ2v) is 3.08. The highest BCUT2D eigenvalue weighted by molar-refractivity contribution is 5.89. The minimum absolute atomic E-state index is 0.419. The van der Waals surface area contributed by atoms with Crippen LogP contribution in [0.5, 0.6) is 0 Å². The first-order valence-electron chi connectivity index (χ1n) is 4.37. The first kappa shape index (κ1) is 13.4. The van der Waals surface area contributed by atoms with Crippen LogP contribution in [-0.2, 0) is 14.4 Å². The summed E-state index contributed by atoms with van der Waals surface area (Å²) in [5, 5.41) is 13.5. The maximum absolute atomic E-state index is 11.3. The molecule has 0 aromatic carbocycles. The average Bonchev–Trinajstić information content (AvgIpc) is 2.14. The molecule has 0 radical (unpaired) electrons. The predicted molar refractivity (Wildman–Crippen MR) is 51.9 cm³/mol. The number of carboxylic acids is 1. The van der Waals surface area contributed by atoms with Crippen LogP contribution in [0.15, 0.2) is 0 Å². The Labute approximate surface area is 87.0 Å². The van der Waals surface area contributed by atoms with E-state index in [9.17, 15) is 14.4 Å². The SMILES string of the molecule is CNC(C)C(=O)NC(CC(N)=O)C(=O)O. The maximum atomic E-state index is 11.3. The number of aliphatic carboxylic acids is 1. The maximum Gasteiger partial charge on any atom is 0.326 e. The fourth-order valence-corrected chi connectivity index (χ4v) is 0.829. The van der Waals surface area contributed by atoms with E-state index in [-0.39, 0.29) is 0 Å². The van der Waals surface area contributed by atoms with Crippen LogP contribution in [0, 0.1) is 0 Å². The molecule has 0 aromatic rings. The molecule has 0 aliphatic carbocycles. The molecule has 2 unspecified atom stereocenters. The summed E-state index contributed by atoms with van der Waals surface area (Å²) in [7, 11) is 1.56. The van der Waals surface area contributed by atoms with Gasteiger partial charge in [0.1, 0.15) is 6.04 Å². The van der Waals surface area contributed by atoms with Crippen molar-refractivity contribution in [1.82, 2.24) is 10.6 Å². The number of carbonyl (C=O) groups excluding carboxylic acids is 2. The van der Waals surface area contributed by atoms with Crippen molar-refractivity contribution >= 4 is 17.8 Å². The Hall–Kier alpha value is -1.63. The summed E-state index contributed by atoms with van der Waals surface area (Å²) < 4.78 is 0. The number of likely N-dealkylation sites (N-methyl/N-ethyl adjacent to an activating group) is 1. The number of hydrogen-bond acceptors (Lipinski definition) is 4. The van der Waals surface area contributed by atoms with Crippen molar-refractivity contribution in [3.8, 4) is 0 Å². The molecule has 0 aromatic heterocycles. The van der Waals surface area contributed by atoms with Crippen LogP contribution >= 0.6 is 0 Å². The Bertz CT molecular complexity index is 267. The Morgan fingerprint density at radius 2 is 1.93 bits per heavy atom. The molecule has 0 bridgehead atoms. The Morgan fingerprint density at radius 1 is 1.40 bits per heavy atom. The molecule has 7 heteroatoms. The van der Waals surface area contributed by atoms with Gasteiger partial charge in [0.15, 0.2) is 0 Å². The van der Waals surface area contributed by atoms with E-state index in [4.69, 9.17) is 10.8 Å². The van der Waals surface area contributed by atoms with Gasteiger partial charge in [0, 0.05) is 0 Å². The average molecular weight is 217 g/mol. The topological polar surface area (TPSA) is 122 Å². The number of primary amides is 1. The van der Waals surface area contributed by atoms with Gasteiger partial charge in [-0.05, 0) is 14.0 Å². The van der Waals surface area contributed by atoms with Crippen molar-refractivity contribution < 1.29 is 19.5 Å². The minimum Gasteiger partial charge on any atom is -0.480 e. The monoisotopic (exact) mass is 217 g/mol. The van der Waals surface area contributed by atoms with E-state index in [0.29, 0.717) is 0 Å². The van der Waals surface area contributed by atoms with Crippen LogP contribution in [0.4, 0.5) is 0 Å². The second-order valence-electron chi connectivity index (χ2n) is 3.08. The summed E-state index contributed by atoms with van der Waals surface area (Å²) in [6, 6.07) is -1.80. The van der Waals surface area contributed by atoms with E-state index in [2.05, 4.69) is 10.6 Å². The van der Waals surface area contributed by atoms with Gasteiger partial charge in [0.05, 0.1) is 12.5 Å². The quantitative estimate of drug-likeness (QED) is 0.411. The number of nitrogens with two attached hydrogens (primary N) is 1. The summed E-state index contributed by atoms with van der Waals surface area (Å²) in [6.45, 7) is 1.57. The second kappa shape index (κ2) is 5.97. The zero-order valence-electron chi connectivity index (χ0n) is 8.61. The summed E-state index contributed by atoms with van der Waals surface area (Å²) >= 11 is 0. The molecule has 0 saturated carbocycles. The fourth-order valence-electron chi connectivity index (χ4n) is 0.829. The van der Waals surface area contributed by atoms with Gasteiger partial charge in [0.2, 0.25) is 11.8 Å². The van der Waals surface area contributed by atoms with Crippen molar-refractivity contribution in [3.63, 3.8) is 0 Å². The molecule has 5 N–H and O–H groups in total. The van der Waals surface area contributed by atoms with Crippen LogP contribution in [0.1, 0.15) is 13.3 Å². The third kappa shape index (κ3) is 4.96. The van der Waals surface area contributed by atoms with Crippen molar-refractivity contribution in [1.29, 1.82) is 0 Å². The lowest BCUT2D eigenvalue weighted by molar-refractivity contribution is -0.143. The first-order valence-corrected chi connectivity index (χ1v) is 4.37. The molecule has 0 fully saturated rings. The van der Waals surface area contributed by atoms with Gasteiger partial charge >= 0.3 is 5.97 Å². The van der Waals surface area contributed by atoms with Crippen molar-refractivity contribution in [3.05, 3.63) is 0 Å².